The summed E-state index contributed by atoms with van der Waals surface area (Å²) in [4.78, 5) is 9.15. The third-order valence-electron chi connectivity index (χ3n) is 2.17. The number of phenolic OH excluding ortho intramolecular Hbond substituents is 1. The number of aryl methyl sites for hydroxylation is 1. The Labute approximate surface area is 125 Å². The van der Waals surface area contributed by atoms with Crippen LogP contribution in [-0.2, 0) is 0 Å². The molecule has 18 heavy (non-hydrogen) atoms. The number of aromatic hydroxyl groups is 1. The minimum atomic E-state index is -1.25. The minimum absolute atomic E-state index is 0. The number of carbonyl (C=O) groups is 1. The van der Waals surface area contributed by atoms with Gasteiger partial charge in [-0.05, 0) is 24.6 Å². The molecule has 1 amide bonds. The highest BCUT2D eigenvalue weighted by Crippen LogP contribution is 2.24. The summed E-state index contributed by atoms with van der Waals surface area (Å²) in [6, 6.07) is 5.79. The Morgan fingerprint density at radius 1 is 1.33 bits per heavy atom. The number of nitrogens with zero attached hydrogens (tertiary/aromatic N) is 1. The summed E-state index contributed by atoms with van der Waals surface area (Å²) in [6.07, 6.45) is -1.25. The molecule has 0 bridgehead atoms. The maximum Gasteiger partial charge on any atom is 0.135 e. The van der Waals surface area contributed by atoms with E-state index in [0.717, 1.165) is 15.7 Å². The van der Waals surface area contributed by atoms with Crippen LogP contribution in [-0.4, -0.2) is 39.4 Å². The molecule has 0 aliphatic heterocycles. The number of nitrogens with one attached hydrogen (secondary N) is 1. The van der Waals surface area contributed by atoms with Crippen molar-refractivity contribution in [2.24, 2.45) is 0 Å². The Hall–Kier alpha value is -1.02. The summed E-state index contributed by atoms with van der Waals surface area (Å²) in [5, 5.41) is 20.4. The zero-order chi connectivity index (χ0) is 13.6. The van der Waals surface area contributed by atoms with Crippen LogP contribution >= 0.6 is 24.0 Å². The third kappa shape index (κ3) is 7.33. The summed E-state index contributed by atoms with van der Waals surface area (Å²) in [5.74, 6) is 0.376. The van der Waals surface area contributed by atoms with Crippen LogP contribution in [0.1, 0.15) is 5.56 Å². The largest absolute Gasteiger partial charge is 0.530 e. The van der Waals surface area contributed by atoms with E-state index in [-0.39, 0.29) is 24.0 Å². The molecule has 0 aliphatic carbocycles. The van der Waals surface area contributed by atoms with E-state index >= 15 is 0 Å². The fourth-order valence-electron chi connectivity index (χ4n) is 1.02. The highest BCUT2D eigenvalue weighted by molar-refractivity contribution is 14.0. The van der Waals surface area contributed by atoms with Gasteiger partial charge in [0.1, 0.15) is 17.5 Å². The van der Waals surface area contributed by atoms with Gasteiger partial charge in [-0.2, -0.15) is 0 Å². The molecule has 2 N–H and O–H groups in total. The summed E-state index contributed by atoms with van der Waals surface area (Å²) in [5.41, 5.74) is 2.03. The van der Waals surface area contributed by atoms with Crippen LogP contribution < -0.4 is 14.9 Å². The lowest BCUT2D eigenvalue weighted by Gasteiger charge is -2.23. The third-order valence-corrected chi connectivity index (χ3v) is 2.17. The number of carbonyl (C=O) groups excluding carboxylic acids is 1. The highest BCUT2D eigenvalue weighted by Gasteiger charge is 2.12. The average molecular weight is 368 g/mol. The van der Waals surface area contributed by atoms with Crippen molar-refractivity contribution in [3.8, 4) is 5.75 Å². The van der Waals surface area contributed by atoms with Crippen molar-refractivity contribution in [1.29, 1.82) is 0 Å². The Morgan fingerprint density at radius 3 is 2.06 bits per heavy atom. The maximum atomic E-state index is 9.45. The first-order valence-electron chi connectivity index (χ1n) is 5.19. The fraction of sp³-hybridized carbons (Fsp3) is 0.417. The monoisotopic (exact) mass is 368 g/mol. The van der Waals surface area contributed by atoms with E-state index in [0.29, 0.717) is 5.75 Å². The highest BCUT2D eigenvalue weighted by atomic mass is 127. The predicted octanol–water partition coefficient (Wildman–Crippen LogP) is 1.06. The van der Waals surface area contributed by atoms with E-state index in [4.69, 9.17) is 9.90 Å². The Bertz CT molecular complexity index is 389. The first kappa shape index (κ1) is 19.3. The van der Waals surface area contributed by atoms with Crippen LogP contribution in [0.25, 0.3) is 0 Å². The molecule has 0 aliphatic rings. The molecule has 0 saturated carbocycles. The van der Waals surface area contributed by atoms with E-state index in [9.17, 15) is 5.11 Å². The van der Waals surface area contributed by atoms with E-state index in [1.807, 2.05) is 30.4 Å². The van der Waals surface area contributed by atoms with E-state index in [1.54, 1.807) is 0 Å². The van der Waals surface area contributed by atoms with Crippen LogP contribution in [0.4, 0.5) is 10.5 Å². The van der Waals surface area contributed by atoms with Crippen molar-refractivity contribution in [2.75, 3.05) is 28.2 Å². The van der Waals surface area contributed by atoms with Crippen molar-refractivity contribution in [3.05, 3.63) is 23.8 Å². The van der Waals surface area contributed by atoms with Crippen LogP contribution in [0.15, 0.2) is 18.2 Å². The molecule has 0 fully saturated rings. The Morgan fingerprint density at radius 2 is 1.78 bits per heavy atom. The van der Waals surface area contributed by atoms with Gasteiger partial charge in [0, 0.05) is 13.1 Å². The van der Waals surface area contributed by atoms with Gasteiger partial charge in [-0.25, -0.2) is 0 Å². The number of hydrogen-bond donors (Lipinski definition) is 2. The van der Waals surface area contributed by atoms with Gasteiger partial charge >= 0.3 is 0 Å². The van der Waals surface area contributed by atoms with Crippen molar-refractivity contribution in [2.45, 2.75) is 6.92 Å². The van der Waals surface area contributed by atoms with Gasteiger partial charge in [-0.3, -0.25) is 4.48 Å². The number of quaternary nitrogens is 1. The number of rotatable bonds is 1. The molecule has 0 aromatic heterocycles. The molecule has 5 nitrogen and oxygen atoms in total. The molecule has 0 unspecified atom stereocenters. The van der Waals surface area contributed by atoms with Crippen molar-refractivity contribution in [1.82, 2.24) is 9.80 Å². The molecule has 0 atom stereocenters. The van der Waals surface area contributed by atoms with Gasteiger partial charge in [0.15, 0.2) is 0 Å². The summed E-state index contributed by atoms with van der Waals surface area (Å²) in [6.45, 7) is 1.90. The number of amides is 1. The Balaban J connectivity index is 0. The number of hydrogen-bond acceptors (Lipinski definition) is 3. The molecule has 1 aromatic rings. The van der Waals surface area contributed by atoms with Gasteiger partial charge in [0.05, 0.1) is 21.1 Å². The molecule has 1 rings (SSSR count). The number of phenols is 1. The number of carboxylic acid groups (broad SMARTS) is 1. The Kier molecular flexibility index (Phi) is 8.75. The summed E-state index contributed by atoms with van der Waals surface area (Å²) < 4.78 is 0.730. The molecule has 0 radical (unpaired) electrons. The van der Waals surface area contributed by atoms with Gasteiger partial charge in [-0.1, -0.05) is 0 Å². The lowest BCUT2D eigenvalue weighted by molar-refractivity contribution is -0.250. The first-order chi connectivity index (χ1) is 7.68. The van der Waals surface area contributed by atoms with Crippen LogP contribution in [0.3, 0.4) is 0 Å². The van der Waals surface area contributed by atoms with Gasteiger partial charge < -0.3 is 20.3 Å². The zero-order valence-electron chi connectivity index (χ0n) is 11.4. The second-order valence-corrected chi connectivity index (χ2v) is 4.52. The molecule has 104 valence electrons. The minimum Gasteiger partial charge on any atom is -0.530 e. The van der Waals surface area contributed by atoms with Crippen LogP contribution in [0.5, 0.6) is 5.75 Å². The van der Waals surface area contributed by atoms with E-state index in [2.05, 4.69) is 21.1 Å². The van der Waals surface area contributed by atoms with Crippen molar-refractivity contribution in [3.63, 3.8) is 0 Å². The normalized spacial score (nSPS) is 9.61. The molecule has 1 aromatic carbocycles. The molecular formula is C12H21IN2O3. The molecule has 0 heterocycles. The lowest BCUT2D eigenvalue weighted by atomic mass is 10.2. The summed E-state index contributed by atoms with van der Waals surface area (Å²) in [7, 11) is 7.51. The molecular weight excluding hydrogens is 347 g/mol. The smallest absolute Gasteiger partial charge is 0.135 e. The van der Waals surface area contributed by atoms with Gasteiger partial charge in [0.2, 0.25) is 0 Å². The standard InChI is InChI=1S/C10H15NO.C2H5NO2.HI/c1-8-5-6-9(7-10(8)12)11(2,3)4;1-3-2(4)5;/h5-7H,1-4H3;3H,1H3,(H,4,5);1H. The van der Waals surface area contributed by atoms with Crippen molar-refractivity contribution >= 4 is 35.8 Å². The quantitative estimate of drug-likeness (QED) is 0.575. The molecule has 6 heteroatoms. The number of benzene rings is 1. The summed E-state index contributed by atoms with van der Waals surface area (Å²) >= 11 is 0. The number of halogens is 1. The van der Waals surface area contributed by atoms with Crippen molar-refractivity contribution < 1.29 is 15.0 Å². The lowest BCUT2D eigenvalue weighted by Crippen LogP contribution is -2.34. The fourth-order valence-corrected chi connectivity index (χ4v) is 1.02. The van der Waals surface area contributed by atoms with E-state index < -0.39 is 6.09 Å². The van der Waals surface area contributed by atoms with E-state index in [1.165, 1.54) is 7.05 Å². The van der Waals surface area contributed by atoms with Crippen LogP contribution in [0, 0.1) is 6.92 Å². The maximum absolute atomic E-state index is 9.45. The van der Waals surface area contributed by atoms with Gasteiger partial charge in [-0.15, -0.1) is 24.0 Å². The van der Waals surface area contributed by atoms with Crippen LogP contribution in [0.2, 0.25) is 0 Å². The first-order valence-corrected chi connectivity index (χ1v) is 5.19. The average Bonchev–Trinajstić information content (AvgIpc) is 2.21. The molecule has 0 spiro atoms. The predicted molar refractivity (Wildman–Crippen MR) is 82.3 cm³/mol. The second kappa shape index (κ2) is 8.15. The molecule has 0 saturated heterocycles. The second-order valence-electron chi connectivity index (χ2n) is 4.52. The van der Waals surface area contributed by atoms with Gasteiger partial charge in [0.25, 0.3) is 0 Å². The topological polar surface area (TPSA) is 72.4 Å². The zero-order valence-corrected chi connectivity index (χ0v) is 13.7. The SMILES string of the molecule is CNC(=O)[O-].Cc1ccc([N+](C)(C)C)cc1O.I.